The van der Waals surface area contributed by atoms with Gasteiger partial charge in [-0.05, 0) is 17.7 Å². The first kappa shape index (κ1) is 17.4. The Bertz CT molecular complexity index is 673. The summed E-state index contributed by atoms with van der Waals surface area (Å²) < 4.78 is 13.2. The standard InChI is InChI=1S/C17H23FN4S/c1-17(2,3)14-11-23-15(22-14)10-21-16(19-4)20-9-12-6-5-7-13(18)8-12/h5-8,11H,9-10H2,1-4H3,(H2,19,20,21). The molecule has 23 heavy (non-hydrogen) atoms. The molecule has 0 atom stereocenters. The molecular weight excluding hydrogens is 311 g/mol. The number of nitrogens with zero attached hydrogens (tertiary/aromatic N) is 2. The Labute approximate surface area is 140 Å². The first-order chi connectivity index (χ1) is 10.9. The fourth-order valence-electron chi connectivity index (χ4n) is 1.95. The van der Waals surface area contributed by atoms with E-state index in [1.54, 1.807) is 24.5 Å². The van der Waals surface area contributed by atoms with Gasteiger partial charge in [-0.2, -0.15) is 0 Å². The predicted octanol–water partition coefficient (Wildman–Crippen LogP) is 3.44. The third kappa shape index (κ3) is 5.32. The number of hydrogen-bond donors (Lipinski definition) is 2. The van der Waals surface area contributed by atoms with Gasteiger partial charge in [0.05, 0.1) is 12.2 Å². The molecule has 4 nitrogen and oxygen atoms in total. The minimum atomic E-state index is -0.232. The van der Waals surface area contributed by atoms with Gasteiger partial charge in [0.1, 0.15) is 10.8 Å². The van der Waals surface area contributed by atoms with Crippen molar-refractivity contribution in [1.29, 1.82) is 0 Å². The maximum Gasteiger partial charge on any atom is 0.191 e. The Morgan fingerprint density at radius 2 is 2.00 bits per heavy atom. The van der Waals surface area contributed by atoms with Crippen LogP contribution < -0.4 is 10.6 Å². The van der Waals surface area contributed by atoms with Crippen LogP contribution >= 0.6 is 11.3 Å². The summed E-state index contributed by atoms with van der Waals surface area (Å²) in [4.78, 5) is 8.82. The smallest absolute Gasteiger partial charge is 0.191 e. The summed E-state index contributed by atoms with van der Waals surface area (Å²) in [7, 11) is 1.71. The molecule has 0 aliphatic heterocycles. The third-order valence-electron chi connectivity index (χ3n) is 3.30. The highest BCUT2D eigenvalue weighted by Crippen LogP contribution is 2.23. The number of hydrogen-bond acceptors (Lipinski definition) is 3. The maximum absolute atomic E-state index is 13.2. The number of guanidine groups is 1. The molecule has 0 unspecified atom stereocenters. The number of benzene rings is 1. The van der Waals surface area contributed by atoms with Crippen molar-refractivity contribution in [3.63, 3.8) is 0 Å². The van der Waals surface area contributed by atoms with Crippen LogP contribution in [-0.2, 0) is 18.5 Å². The van der Waals surface area contributed by atoms with Crippen LogP contribution in [0.15, 0.2) is 34.6 Å². The lowest BCUT2D eigenvalue weighted by Gasteiger charge is -2.14. The van der Waals surface area contributed by atoms with Crippen LogP contribution in [0.25, 0.3) is 0 Å². The number of nitrogens with one attached hydrogen (secondary N) is 2. The van der Waals surface area contributed by atoms with Crippen LogP contribution in [0.2, 0.25) is 0 Å². The number of rotatable bonds is 4. The lowest BCUT2D eigenvalue weighted by atomic mass is 9.93. The second-order valence-electron chi connectivity index (χ2n) is 6.29. The highest BCUT2D eigenvalue weighted by Gasteiger charge is 2.17. The molecule has 2 N–H and O–H groups in total. The summed E-state index contributed by atoms with van der Waals surface area (Å²) in [5.74, 6) is 0.437. The van der Waals surface area contributed by atoms with Gasteiger partial charge in [-0.25, -0.2) is 9.37 Å². The van der Waals surface area contributed by atoms with E-state index in [4.69, 9.17) is 0 Å². The molecule has 0 aliphatic carbocycles. The van der Waals surface area contributed by atoms with Gasteiger partial charge in [-0.3, -0.25) is 4.99 Å². The summed E-state index contributed by atoms with van der Waals surface area (Å²) in [6.45, 7) is 7.59. The number of aliphatic imine (C=N–C) groups is 1. The van der Waals surface area contributed by atoms with Crippen LogP contribution in [0.1, 0.15) is 37.0 Å². The monoisotopic (exact) mass is 334 g/mol. The van der Waals surface area contributed by atoms with Crippen molar-refractivity contribution < 1.29 is 4.39 Å². The van der Waals surface area contributed by atoms with Gasteiger partial charge in [-0.15, -0.1) is 11.3 Å². The van der Waals surface area contributed by atoms with Gasteiger partial charge in [-0.1, -0.05) is 32.9 Å². The van der Waals surface area contributed by atoms with Crippen molar-refractivity contribution in [3.8, 4) is 0 Å². The van der Waals surface area contributed by atoms with E-state index in [1.165, 1.54) is 12.1 Å². The first-order valence-corrected chi connectivity index (χ1v) is 8.40. The van der Waals surface area contributed by atoms with E-state index in [0.29, 0.717) is 19.0 Å². The molecule has 124 valence electrons. The van der Waals surface area contributed by atoms with Crippen molar-refractivity contribution in [2.24, 2.45) is 4.99 Å². The highest BCUT2D eigenvalue weighted by molar-refractivity contribution is 7.09. The van der Waals surface area contributed by atoms with Crippen molar-refractivity contribution in [1.82, 2.24) is 15.6 Å². The Kier molecular flexibility index (Phi) is 5.71. The Balaban J connectivity index is 1.87. The molecule has 6 heteroatoms. The number of aromatic nitrogens is 1. The normalized spacial score (nSPS) is 12.3. The van der Waals surface area contributed by atoms with Crippen molar-refractivity contribution in [2.45, 2.75) is 39.3 Å². The Morgan fingerprint density at radius 1 is 1.26 bits per heavy atom. The minimum Gasteiger partial charge on any atom is -0.352 e. The average Bonchev–Trinajstić information content (AvgIpc) is 2.96. The van der Waals surface area contributed by atoms with Gasteiger partial charge < -0.3 is 10.6 Å². The van der Waals surface area contributed by atoms with E-state index < -0.39 is 0 Å². The van der Waals surface area contributed by atoms with Crippen LogP contribution in [0, 0.1) is 5.82 Å². The van der Waals surface area contributed by atoms with E-state index in [-0.39, 0.29) is 11.2 Å². The zero-order chi connectivity index (χ0) is 16.9. The van der Waals surface area contributed by atoms with E-state index in [2.05, 4.69) is 46.8 Å². The molecule has 0 bridgehead atoms. The van der Waals surface area contributed by atoms with E-state index in [9.17, 15) is 4.39 Å². The molecule has 0 saturated carbocycles. The second-order valence-corrected chi connectivity index (χ2v) is 7.23. The molecular formula is C17H23FN4S. The average molecular weight is 334 g/mol. The molecule has 1 aromatic carbocycles. The summed E-state index contributed by atoms with van der Waals surface area (Å²) in [5, 5.41) is 9.51. The van der Waals surface area contributed by atoms with Gasteiger partial charge in [0, 0.05) is 24.4 Å². The van der Waals surface area contributed by atoms with Gasteiger partial charge in [0.25, 0.3) is 0 Å². The molecule has 2 rings (SSSR count). The minimum absolute atomic E-state index is 0.0616. The van der Waals surface area contributed by atoms with E-state index in [1.807, 2.05) is 6.07 Å². The summed E-state index contributed by atoms with van der Waals surface area (Å²) >= 11 is 1.64. The lowest BCUT2D eigenvalue weighted by Crippen LogP contribution is -2.36. The van der Waals surface area contributed by atoms with Crippen LogP contribution in [0.3, 0.4) is 0 Å². The molecule has 1 aromatic heterocycles. The molecule has 0 aliphatic rings. The topological polar surface area (TPSA) is 49.3 Å². The van der Waals surface area contributed by atoms with Crippen LogP contribution in [0.5, 0.6) is 0 Å². The SMILES string of the molecule is CN=C(NCc1cccc(F)c1)NCc1nc(C(C)(C)C)cs1. The van der Waals surface area contributed by atoms with Crippen molar-refractivity contribution in [3.05, 3.63) is 51.7 Å². The van der Waals surface area contributed by atoms with Gasteiger partial charge >= 0.3 is 0 Å². The predicted molar refractivity (Wildman–Crippen MR) is 94.3 cm³/mol. The van der Waals surface area contributed by atoms with E-state index in [0.717, 1.165) is 16.3 Å². The molecule has 0 radical (unpaired) electrons. The number of thiazole rings is 1. The highest BCUT2D eigenvalue weighted by atomic mass is 32.1. The van der Waals surface area contributed by atoms with Crippen LogP contribution in [-0.4, -0.2) is 18.0 Å². The molecule has 0 saturated heterocycles. The van der Waals surface area contributed by atoms with E-state index >= 15 is 0 Å². The van der Waals surface area contributed by atoms with Gasteiger partial charge in [0.2, 0.25) is 0 Å². The fraction of sp³-hybridized carbons (Fsp3) is 0.412. The molecule has 0 amide bonds. The molecule has 1 heterocycles. The summed E-state index contributed by atoms with van der Waals surface area (Å²) in [5.41, 5.74) is 2.03. The number of halogens is 1. The first-order valence-electron chi connectivity index (χ1n) is 7.52. The summed E-state index contributed by atoms with van der Waals surface area (Å²) in [6, 6.07) is 6.52. The lowest BCUT2D eigenvalue weighted by molar-refractivity contribution is 0.570. The van der Waals surface area contributed by atoms with Crippen LogP contribution in [0.4, 0.5) is 4.39 Å². The van der Waals surface area contributed by atoms with Gasteiger partial charge in [0.15, 0.2) is 5.96 Å². The quantitative estimate of drug-likeness (QED) is 0.665. The largest absolute Gasteiger partial charge is 0.352 e. The van der Waals surface area contributed by atoms with Crippen molar-refractivity contribution >= 4 is 17.3 Å². The fourth-order valence-corrected chi connectivity index (χ4v) is 2.91. The molecule has 0 fully saturated rings. The van der Waals surface area contributed by atoms with Crippen molar-refractivity contribution in [2.75, 3.05) is 7.05 Å². The zero-order valence-electron chi connectivity index (χ0n) is 14.0. The third-order valence-corrected chi connectivity index (χ3v) is 4.15. The molecule has 0 spiro atoms. The second kappa shape index (κ2) is 7.55. The maximum atomic E-state index is 13.2. The summed E-state index contributed by atoms with van der Waals surface area (Å²) in [6.07, 6.45) is 0. The molecule has 2 aromatic rings. The Morgan fingerprint density at radius 3 is 2.61 bits per heavy atom. The zero-order valence-corrected chi connectivity index (χ0v) is 14.8. The Hall–Kier alpha value is -1.95.